The second kappa shape index (κ2) is 2.70. The van der Waals surface area contributed by atoms with Crippen LogP contribution >= 0.6 is 0 Å². The topological polar surface area (TPSA) is 50.1 Å². The molecule has 0 radical (unpaired) electrons. The van der Waals surface area contributed by atoms with E-state index in [1.807, 2.05) is 7.05 Å². The van der Waals surface area contributed by atoms with Gasteiger partial charge >= 0.3 is 0 Å². The van der Waals surface area contributed by atoms with Crippen molar-refractivity contribution in [2.45, 2.75) is 6.61 Å². The van der Waals surface area contributed by atoms with Gasteiger partial charge in [0, 0.05) is 14.1 Å². The van der Waals surface area contributed by atoms with Gasteiger partial charge < -0.3 is 15.0 Å². The standard InChI is InChI=1S/C6H11N3O/c1-7-6-5(3-10)9(2)4-8-6/h4,7,10H,3H2,1-2H3. The van der Waals surface area contributed by atoms with Gasteiger partial charge in [-0.3, -0.25) is 0 Å². The first kappa shape index (κ1) is 7.08. The van der Waals surface area contributed by atoms with E-state index in [0.717, 1.165) is 11.5 Å². The quantitative estimate of drug-likeness (QED) is 0.607. The third kappa shape index (κ3) is 0.974. The van der Waals surface area contributed by atoms with Gasteiger partial charge in [0.05, 0.1) is 18.6 Å². The zero-order chi connectivity index (χ0) is 7.56. The Morgan fingerprint density at radius 3 is 2.90 bits per heavy atom. The molecule has 0 atom stereocenters. The molecule has 0 unspecified atom stereocenters. The lowest BCUT2D eigenvalue weighted by atomic mass is 10.4. The van der Waals surface area contributed by atoms with E-state index < -0.39 is 0 Å². The van der Waals surface area contributed by atoms with E-state index in [-0.39, 0.29) is 6.61 Å². The molecule has 0 amide bonds. The molecular formula is C6H11N3O. The number of nitrogens with zero attached hydrogens (tertiary/aromatic N) is 2. The van der Waals surface area contributed by atoms with Gasteiger partial charge in [-0.05, 0) is 0 Å². The molecule has 0 aliphatic heterocycles. The fraction of sp³-hybridized carbons (Fsp3) is 0.500. The second-order valence-corrected chi connectivity index (χ2v) is 2.06. The van der Waals surface area contributed by atoms with Gasteiger partial charge in [-0.15, -0.1) is 0 Å². The number of hydrogen-bond donors (Lipinski definition) is 2. The van der Waals surface area contributed by atoms with Crippen LogP contribution in [-0.2, 0) is 13.7 Å². The van der Waals surface area contributed by atoms with Crippen LogP contribution in [0, 0.1) is 0 Å². The molecular weight excluding hydrogens is 130 g/mol. The summed E-state index contributed by atoms with van der Waals surface area (Å²) in [6.07, 6.45) is 1.66. The van der Waals surface area contributed by atoms with Crippen molar-refractivity contribution in [1.29, 1.82) is 0 Å². The maximum atomic E-state index is 8.82. The summed E-state index contributed by atoms with van der Waals surface area (Å²) >= 11 is 0. The number of anilines is 1. The number of aryl methyl sites for hydroxylation is 1. The Morgan fingerprint density at radius 1 is 1.80 bits per heavy atom. The first-order chi connectivity index (χ1) is 4.79. The van der Waals surface area contributed by atoms with E-state index in [2.05, 4.69) is 10.3 Å². The number of aliphatic hydroxyl groups is 1. The lowest BCUT2D eigenvalue weighted by Crippen LogP contribution is -1.98. The van der Waals surface area contributed by atoms with Crippen molar-refractivity contribution in [2.24, 2.45) is 7.05 Å². The second-order valence-electron chi connectivity index (χ2n) is 2.06. The molecule has 10 heavy (non-hydrogen) atoms. The molecule has 1 heterocycles. The summed E-state index contributed by atoms with van der Waals surface area (Å²) in [6.45, 7) is 0.0205. The average molecular weight is 141 g/mol. The summed E-state index contributed by atoms with van der Waals surface area (Å²) in [6, 6.07) is 0. The lowest BCUT2D eigenvalue weighted by molar-refractivity contribution is 0.273. The molecule has 0 aliphatic rings. The number of aliphatic hydroxyl groups excluding tert-OH is 1. The van der Waals surface area contributed by atoms with Crippen LogP contribution in [0.4, 0.5) is 5.82 Å². The number of aromatic nitrogens is 2. The normalized spacial score (nSPS) is 9.90. The Kier molecular flexibility index (Phi) is 1.91. The molecule has 0 aromatic carbocycles. The third-order valence-corrected chi connectivity index (χ3v) is 1.45. The van der Waals surface area contributed by atoms with E-state index >= 15 is 0 Å². The van der Waals surface area contributed by atoms with Crippen molar-refractivity contribution in [3.8, 4) is 0 Å². The fourth-order valence-corrected chi connectivity index (χ4v) is 0.851. The molecule has 2 N–H and O–H groups in total. The molecule has 0 saturated heterocycles. The highest BCUT2D eigenvalue weighted by Gasteiger charge is 2.03. The highest BCUT2D eigenvalue weighted by Crippen LogP contribution is 2.09. The maximum Gasteiger partial charge on any atom is 0.149 e. The SMILES string of the molecule is CNc1ncn(C)c1CO. The van der Waals surface area contributed by atoms with Crippen LogP contribution in [0.25, 0.3) is 0 Å². The van der Waals surface area contributed by atoms with E-state index in [1.54, 1.807) is 17.9 Å². The van der Waals surface area contributed by atoms with Crippen LogP contribution in [0.2, 0.25) is 0 Å². The van der Waals surface area contributed by atoms with Crippen molar-refractivity contribution in [3.63, 3.8) is 0 Å². The van der Waals surface area contributed by atoms with Gasteiger partial charge in [0.15, 0.2) is 0 Å². The minimum atomic E-state index is 0.0205. The van der Waals surface area contributed by atoms with Crippen molar-refractivity contribution in [1.82, 2.24) is 9.55 Å². The highest BCUT2D eigenvalue weighted by atomic mass is 16.3. The van der Waals surface area contributed by atoms with Crippen molar-refractivity contribution < 1.29 is 5.11 Å². The van der Waals surface area contributed by atoms with Crippen LogP contribution < -0.4 is 5.32 Å². The summed E-state index contributed by atoms with van der Waals surface area (Å²) in [7, 11) is 3.63. The van der Waals surface area contributed by atoms with Gasteiger partial charge in [0.1, 0.15) is 5.82 Å². The van der Waals surface area contributed by atoms with Gasteiger partial charge in [0.25, 0.3) is 0 Å². The Bertz CT molecular complexity index is 219. The maximum absolute atomic E-state index is 8.82. The Morgan fingerprint density at radius 2 is 2.50 bits per heavy atom. The Hall–Kier alpha value is -1.03. The molecule has 56 valence electrons. The average Bonchev–Trinajstić information content (AvgIpc) is 2.30. The van der Waals surface area contributed by atoms with Gasteiger partial charge in [0.2, 0.25) is 0 Å². The molecule has 1 aromatic heterocycles. The number of hydrogen-bond acceptors (Lipinski definition) is 3. The molecule has 0 saturated carbocycles. The largest absolute Gasteiger partial charge is 0.390 e. The third-order valence-electron chi connectivity index (χ3n) is 1.45. The van der Waals surface area contributed by atoms with Gasteiger partial charge in [-0.1, -0.05) is 0 Å². The van der Waals surface area contributed by atoms with Crippen molar-refractivity contribution >= 4 is 5.82 Å². The van der Waals surface area contributed by atoms with Crippen LogP contribution in [0.15, 0.2) is 6.33 Å². The molecule has 0 aliphatic carbocycles. The minimum absolute atomic E-state index is 0.0205. The molecule has 1 rings (SSSR count). The zero-order valence-electron chi connectivity index (χ0n) is 6.13. The Balaban J connectivity index is 3.01. The molecule has 4 nitrogen and oxygen atoms in total. The van der Waals surface area contributed by atoms with E-state index in [4.69, 9.17) is 5.11 Å². The Labute approximate surface area is 59.5 Å². The molecule has 0 spiro atoms. The van der Waals surface area contributed by atoms with Crippen LogP contribution in [0.3, 0.4) is 0 Å². The van der Waals surface area contributed by atoms with Gasteiger partial charge in [-0.2, -0.15) is 0 Å². The first-order valence-electron chi connectivity index (χ1n) is 3.08. The summed E-state index contributed by atoms with van der Waals surface area (Å²) < 4.78 is 1.78. The molecule has 0 bridgehead atoms. The summed E-state index contributed by atoms with van der Waals surface area (Å²) in [5.41, 5.74) is 0.808. The highest BCUT2D eigenvalue weighted by molar-refractivity contribution is 5.39. The molecule has 0 fully saturated rings. The summed E-state index contributed by atoms with van der Waals surface area (Å²) in [5.74, 6) is 0.741. The number of rotatable bonds is 2. The minimum Gasteiger partial charge on any atom is -0.390 e. The first-order valence-corrected chi connectivity index (χ1v) is 3.08. The lowest BCUT2D eigenvalue weighted by Gasteiger charge is -1.99. The van der Waals surface area contributed by atoms with Crippen molar-refractivity contribution in [3.05, 3.63) is 12.0 Å². The molecule has 1 aromatic rings. The van der Waals surface area contributed by atoms with Crippen LogP contribution in [0.5, 0.6) is 0 Å². The number of nitrogens with one attached hydrogen (secondary N) is 1. The van der Waals surface area contributed by atoms with Crippen LogP contribution in [0.1, 0.15) is 5.69 Å². The smallest absolute Gasteiger partial charge is 0.149 e. The van der Waals surface area contributed by atoms with Crippen LogP contribution in [-0.4, -0.2) is 21.7 Å². The summed E-state index contributed by atoms with van der Waals surface area (Å²) in [4.78, 5) is 4.00. The number of imidazole rings is 1. The zero-order valence-corrected chi connectivity index (χ0v) is 6.13. The van der Waals surface area contributed by atoms with E-state index in [9.17, 15) is 0 Å². The van der Waals surface area contributed by atoms with Crippen molar-refractivity contribution in [2.75, 3.05) is 12.4 Å². The molecule has 4 heteroatoms. The summed E-state index contributed by atoms with van der Waals surface area (Å²) in [5, 5.41) is 11.7. The monoisotopic (exact) mass is 141 g/mol. The fourth-order valence-electron chi connectivity index (χ4n) is 0.851. The predicted octanol–water partition coefficient (Wildman–Crippen LogP) is -0.0459. The predicted molar refractivity (Wildman–Crippen MR) is 38.7 cm³/mol. The van der Waals surface area contributed by atoms with E-state index in [0.29, 0.717) is 0 Å². The van der Waals surface area contributed by atoms with Gasteiger partial charge in [-0.25, -0.2) is 4.98 Å². The van der Waals surface area contributed by atoms with E-state index in [1.165, 1.54) is 0 Å².